The van der Waals surface area contributed by atoms with Crippen LogP contribution in [-0.2, 0) is 22.7 Å². The van der Waals surface area contributed by atoms with Gasteiger partial charge in [0, 0.05) is 17.2 Å². The number of carbonyl (C=O) groups is 2. The highest BCUT2D eigenvalue weighted by Crippen LogP contribution is 2.34. The molecule has 1 atom stereocenters. The molecule has 1 saturated heterocycles. The van der Waals surface area contributed by atoms with Gasteiger partial charge < -0.3 is 18.9 Å². The minimum absolute atomic E-state index is 0.112. The molecule has 50 heavy (non-hydrogen) atoms. The summed E-state index contributed by atoms with van der Waals surface area (Å²) in [5.74, 6) is 0.553. The average Bonchev–Trinajstić information content (AvgIpc) is 3.62. The van der Waals surface area contributed by atoms with E-state index >= 15 is 4.39 Å². The molecule has 1 fully saturated rings. The molecule has 10 nitrogen and oxygen atoms in total. The third-order valence-electron chi connectivity index (χ3n) is 8.71. The van der Waals surface area contributed by atoms with Gasteiger partial charge in [-0.25, -0.2) is 9.02 Å². The Morgan fingerprint density at radius 3 is 2.66 bits per heavy atom. The van der Waals surface area contributed by atoms with Crippen LogP contribution in [0.15, 0.2) is 77.4 Å². The number of methoxy groups -OCH3 is 1. The molecule has 0 amide bonds. The Kier molecular flexibility index (Phi) is 11.6. The van der Waals surface area contributed by atoms with E-state index in [2.05, 4.69) is 15.2 Å². The van der Waals surface area contributed by atoms with Crippen molar-refractivity contribution in [1.29, 1.82) is 0 Å². The molecule has 0 radical (unpaired) electrons. The van der Waals surface area contributed by atoms with Crippen LogP contribution in [0.3, 0.4) is 0 Å². The number of aldehydes is 1. The van der Waals surface area contributed by atoms with Crippen LogP contribution in [0.4, 0.5) is 4.39 Å². The van der Waals surface area contributed by atoms with Gasteiger partial charge in [-0.05, 0) is 90.5 Å². The second-order valence-electron chi connectivity index (χ2n) is 12.0. The fourth-order valence-electron chi connectivity index (χ4n) is 6.05. The van der Waals surface area contributed by atoms with Gasteiger partial charge in [-0.2, -0.15) is 0 Å². The van der Waals surface area contributed by atoms with Gasteiger partial charge in [0.1, 0.15) is 53.4 Å². The lowest BCUT2D eigenvalue weighted by Gasteiger charge is -2.33. The number of aromatic nitrogens is 2. The molecule has 12 heteroatoms. The number of fused-ring (bicyclic) bond motifs is 1. The van der Waals surface area contributed by atoms with Crippen LogP contribution in [0.25, 0.3) is 22.2 Å². The normalized spacial score (nSPS) is 14.7. The van der Waals surface area contributed by atoms with E-state index in [0.717, 1.165) is 50.8 Å². The predicted octanol–water partition coefficient (Wildman–Crippen LogP) is 7.84. The molecule has 0 unspecified atom stereocenters. The van der Waals surface area contributed by atoms with E-state index < -0.39 is 5.82 Å². The zero-order chi connectivity index (χ0) is 34.9. The summed E-state index contributed by atoms with van der Waals surface area (Å²) in [6.45, 7) is 2.23. The minimum Gasteiger partial charge on any atom is -0.494 e. The van der Waals surface area contributed by atoms with E-state index in [9.17, 15) is 9.59 Å². The summed E-state index contributed by atoms with van der Waals surface area (Å²) in [7, 11) is 1.44. The molecule has 0 aliphatic carbocycles. The highest BCUT2D eigenvalue weighted by atomic mass is 35.5. The number of nitrogens with zero attached hydrogens (tertiary/aromatic N) is 3. The van der Waals surface area contributed by atoms with E-state index in [-0.39, 0.29) is 47.3 Å². The Balaban J connectivity index is 1.06. The van der Waals surface area contributed by atoms with E-state index in [4.69, 9.17) is 35.2 Å². The van der Waals surface area contributed by atoms with Crippen LogP contribution in [0.5, 0.6) is 17.2 Å². The molecule has 4 aromatic carbocycles. The maximum absolute atomic E-state index is 15.9. The van der Waals surface area contributed by atoms with Gasteiger partial charge in [-0.1, -0.05) is 54.4 Å². The first-order valence-corrected chi connectivity index (χ1v) is 16.9. The Bertz CT molecular complexity index is 1950. The number of esters is 1. The molecule has 6 rings (SSSR count). The molecule has 0 saturated carbocycles. The van der Waals surface area contributed by atoms with E-state index in [1.54, 1.807) is 30.3 Å². The number of benzene rings is 4. The van der Waals surface area contributed by atoms with Crippen LogP contribution in [0.2, 0.25) is 5.02 Å². The largest absolute Gasteiger partial charge is 0.494 e. The summed E-state index contributed by atoms with van der Waals surface area (Å²) in [6, 6.07) is 20.6. The molecule has 1 aliphatic heterocycles. The molecule has 1 aliphatic rings. The first-order chi connectivity index (χ1) is 24.4. The van der Waals surface area contributed by atoms with Gasteiger partial charge in [0.2, 0.25) is 0 Å². The number of unbranched alkanes of at least 4 members (excludes halogenated alkanes) is 1. The van der Waals surface area contributed by atoms with Gasteiger partial charge in [-0.3, -0.25) is 14.5 Å². The standard InChI is InChI=1S/C38H37ClFN3O7/c1-46-38(45)34-12-2-3-15-43(34)16-4-5-17-47-29-10-6-8-26(19-29)30-11-7-9-27(37(30)40)24-49-36-21-35(28(22-44)20-31(36)39)48-23-25-13-14-32-33(18-25)42-50-41-32/h6-11,13-14,18-22,34H,2-5,12,15-17,23-24H2,1H3/t34-/m0/s1. The van der Waals surface area contributed by atoms with Crippen LogP contribution < -0.4 is 14.2 Å². The number of piperidine rings is 1. The Hall–Kier alpha value is -5.00. The molecular formula is C38H37ClFN3O7. The van der Waals surface area contributed by atoms with Crippen LogP contribution in [0, 0.1) is 5.82 Å². The SMILES string of the molecule is COC(=O)[C@@H]1CCCCN1CCCCOc1cccc(-c2cccc(COc3cc(OCc4ccc5nonc5c4)c(C=O)cc3Cl)c2F)c1. The maximum Gasteiger partial charge on any atom is 0.323 e. The zero-order valence-electron chi connectivity index (χ0n) is 27.6. The molecule has 5 aromatic rings. The molecule has 260 valence electrons. The van der Waals surface area contributed by atoms with E-state index in [1.807, 2.05) is 30.3 Å². The number of rotatable bonds is 15. The second-order valence-corrected chi connectivity index (χ2v) is 12.4. The Labute approximate surface area is 294 Å². The molecule has 0 N–H and O–H groups in total. The van der Waals surface area contributed by atoms with Gasteiger partial charge in [0.25, 0.3) is 0 Å². The number of likely N-dealkylation sites (tertiary alicyclic amines) is 1. The van der Waals surface area contributed by atoms with Crippen molar-refractivity contribution >= 4 is 34.9 Å². The fraction of sp³-hybridized carbons (Fsp3) is 0.316. The molecule has 0 spiro atoms. The smallest absolute Gasteiger partial charge is 0.323 e. The summed E-state index contributed by atoms with van der Waals surface area (Å²) in [4.78, 5) is 26.1. The van der Waals surface area contributed by atoms with E-state index in [1.165, 1.54) is 19.2 Å². The van der Waals surface area contributed by atoms with Crippen molar-refractivity contribution in [1.82, 2.24) is 15.2 Å². The number of hydrogen-bond acceptors (Lipinski definition) is 10. The van der Waals surface area contributed by atoms with Crippen molar-refractivity contribution in [2.75, 3.05) is 26.8 Å². The van der Waals surface area contributed by atoms with Gasteiger partial charge in [0.05, 0.1) is 24.3 Å². The van der Waals surface area contributed by atoms with Crippen molar-refractivity contribution in [3.63, 3.8) is 0 Å². The summed E-state index contributed by atoms with van der Waals surface area (Å²) < 4.78 is 43.5. The zero-order valence-corrected chi connectivity index (χ0v) is 28.4. The van der Waals surface area contributed by atoms with Gasteiger partial charge in [0.15, 0.2) is 6.29 Å². The lowest BCUT2D eigenvalue weighted by atomic mass is 10.0. The fourth-order valence-corrected chi connectivity index (χ4v) is 6.27. The summed E-state index contributed by atoms with van der Waals surface area (Å²) >= 11 is 6.43. The third-order valence-corrected chi connectivity index (χ3v) is 9.00. The lowest BCUT2D eigenvalue weighted by Crippen LogP contribution is -2.45. The Morgan fingerprint density at radius 1 is 0.960 bits per heavy atom. The van der Waals surface area contributed by atoms with Crippen molar-refractivity contribution in [3.05, 3.63) is 100 Å². The van der Waals surface area contributed by atoms with Crippen molar-refractivity contribution < 1.29 is 37.6 Å². The third kappa shape index (κ3) is 8.40. The van der Waals surface area contributed by atoms with Gasteiger partial charge >= 0.3 is 5.97 Å². The Morgan fingerprint density at radius 2 is 1.80 bits per heavy atom. The maximum atomic E-state index is 15.9. The summed E-state index contributed by atoms with van der Waals surface area (Å²) in [5.41, 5.74) is 3.63. The highest BCUT2D eigenvalue weighted by molar-refractivity contribution is 6.32. The summed E-state index contributed by atoms with van der Waals surface area (Å²) in [6.07, 6.45) is 5.30. The predicted molar refractivity (Wildman–Crippen MR) is 185 cm³/mol. The quantitative estimate of drug-likeness (QED) is 0.0608. The minimum atomic E-state index is -0.429. The number of hydrogen-bond donors (Lipinski definition) is 0. The number of ether oxygens (including phenoxy) is 4. The lowest BCUT2D eigenvalue weighted by molar-refractivity contribution is -0.148. The number of carbonyl (C=O) groups excluding carboxylic acids is 2. The monoisotopic (exact) mass is 701 g/mol. The average molecular weight is 702 g/mol. The molecule has 1 aromatic heterocycles. The first kappa shape index (κ1) is 34.8. The second kappa shape index (κ2) is 16.6. The van der Waals surface area contributed by atoms with E-state index in [0.29, 0.717) is 46.4 Å². The van der Waals surface area contributed by atoms with Gasteiger partial charge in [-0.15, -0.1) is 0 Å². The van der Waals surface area contributed by atoms with Crippen LogP contribution in [-0.4, -0.2) is 60.3 Å². The topological polar surface area (TPSA) is 113 Å². The van der Waals surface area contributed by atoms with Crippen LogP contribution >= 0.6 is 11.6 Å². The van der Waals surface area contributed by atoms with Crippen LogP contribution in [0.1, 0.15) is 53.6 Å². The molecular weight excluding hydrogens is 665 g/mol. The summed E-state index contributed by atoms with van der Waals surface area (Å²) in [5, 5.41) is 7.82. The van der Waals surface area contributed by atoms with Crippen molar-refractivity contribution in [3.8, 4) is 28.4 Å². The van der Waals surface area contributed by atoms with Crippen molar-refractivity contribution in [2.24, 2.45) is 0 Å². The van der Waals surface area contributed by atoms with Crippen molar-refractivity contribution in [2.45, 2.75) is 51.4 Å². The number of halogens is 2. The first-order valence-electron chi connectivity index (χ1n) is 16.5. The highest BCUT2D eigenvalue weighted by Gasteiger charge is 2.28. The molecule has 0 bridgehead atoms. The molecule has 2 heterocycles.